The van der Waals surface area contributed by atoms with Crippen LogP contribution < -0.4 is 5.32 Å². The van der Waals surface area contributed by atoms with E-state index in [0.717, 1.165) is 47.3 Å². The highest BCUT2D eigenvalue weighted by Gasteiger charge is 2.10. The third-order valence-corrected chi connectivity index (χ3v) is 5.15. The lowest BCUT2D eigenvalue weighted by molar-refractivity contribution is 0.464. The minimum absolute atomic E-state index is 0.645. The first-order chi connectivity index (χ1) is 15.1. The molecule has 3 aromatic heterocycles. The molecule has 1 aromatic carbocycles. The van der Waals surface area contributed by atoms with E-state index in [0.29, 0.717) is 13.1 Å². The molecule has 0 radical (unpaired) electrons. The number of fused-ring (bicyclic) bond motifs is 1. The SMILES string of the molecule is CCNC(=NCCc1cn2cccc(C)c2n1)N(C)Cc1ncc(-c2ccccc2)[nH]1. The summed E-state index contributed by atoms with van der Waals surface area (Å²) < 4.78 is 2.08. The van der Waals surface area contributed by atoms with Crippen LogP contribution in [0.5, 0.6) is 0 Å². The third kappa shape index (κ3) is 4.94. The molecule has 0 atom stereocenters. The van der Waals surface area contributed by atoms with E-state index in [1.165, 1.54) is 5.56 Å². The molecule has 0 saturated carbocycles. The predicted octanol–water partition coefficient (Wildman–Crippen LogP) is 3.67. The maximum absolute atomic E-state index is 4.80. The van der Waals surface area contributed by atoms with Gasteiger partial charge in [-0.1, -0.05) is 36.4 Å². The Hall–Kier alpha value is -3.61. The number of benzene rings is 1. The highest BCUT2D eigenvalue weighted by Crippen LogP contribution is 2.16. The predicted molar refractivity (Wildman–Crippen MR) is 125 cm³/mol. The minimum Gasteiger partial charge on any atom is -0.357 e. The van der Waals surface area contributed by atoms with Crippen molar-refractivity contribution < 1.29 is 0 Å². The summed E-state index contributed by atoms with van der Waals surface area (Å²) in [6.45, 7) is 6.29. The fraction of sp³-hybridized carbons (Fsp3) is 0.292. The molecule has 4 rings (SSSR count). The number of guanidine groups is 1. The summed E-state index contributed by atoms with van der Waals surface area (Å²) in [7, 11) is 2.03. The first kappa shape index (κ1) is 20.7. The second-order valence-corrected chi connectivity index (χ2v) is 7.61. The van der Waals surface area contributed by atoms with Crippen LogP contribution in [0.1, 0.15) is 24.0 Å². The van der Waals surface area contributed by atoms with E-state index in [4.69, 9.17) is 9.98 Å². The standard InChI is InChI=1S/C24H29N7/c1-4-25-24(26-13-12-20-16-31-14-8-9-18(2)23(31)28-20)30(3)17-22-27-15-21(29-22)19-10-6-5-7-11-19/h5-11,14-16H,4,12-13,17H2,1-3H3,(H,25,26)(H,27,29). The summed E-state index contributed by atoms with van der Waals surface area (Å²) in [5.74, 6) is 1.77. The zero-order valence-corrected chi connectivity index (χ0v) is 18.3. The van der Waals surface area contributed by atoms with Gasteiger partial charge in [-0.3, -0.25) is 4.99 Å². The first-order valence-corrected chi connectivity index (χ1v) is 10.7. The number of aromatic nitrogens is 4. The van der Waals surface area contributed by atoms with Gasteiger partial charge in [0, 0.05) is 39.0 Å². The maximum atomic E-state index is 4.80. The smallest absolute Gasteiger partial charge is 0.194 e. The molecule has 0 aliphatic carbocycles. The highest BCUT2D eigenvalue weighted by atomic mass is 15.3. The second kappa shape index (κ2) is 9.47. The number of rotatable bonds is 7. The molecule has 31 heavy (non-hydrogen) atoms. The average Bonchev–Trinajstić information content (AvgIpc) is 3.41. The van der Waals surface area contributed by atoms with Crippen molar-refractivity contribution in [3.05, 3.63) is 78.1 Å². The van der Waals surface area contributed by atoms with Crippen LogP contribution in [-0.2, 0) is 13.0 Å². The van der Waals surface area contributed by atoms with Crippen LogP contribution in [0.25, 0.3) is 16.9 Å². The van der Waals surface area contributed by atoms with E-state index < -0.39 is 0 Å². The van der Waals surface area contributed by atoms with Crippen molar-refractivity contribution >= 4 is 11.6 Å². The van der Waals surface area contributed by atoms with Gasteiger partial charge in [-0.2, -0.15) is 0 Å². The molecule has 0 spiro atoms. The maximum Gasteiger partial charge on any atom is 0.194 e. The molecule has 7 heteroatoms. The summed E-state index contributed by atoms with van der Waals surface area (Å²) in [5, 5.41) is 3.37. The number of hydrogen-bond acceptors (Lipinski definition) is 3. The molecule has 160 valence electrons. The molecular weight excluding hydrogens is 386 g/mol. The number of aryl methyl sites for hydroxylation is 1. The van der Waals surface area contributed by atoms with Crippen molar-refractivity contribution in [1.82, 2.24) is 29.6 Å². The Morgan fingerprint density at radius 3 is 2.81 bits per heavy atom. The van der Waals surface area contributed by atoms with Gasteiger partial charge in [-0.15, -0.1) is 0 Å². The average molecular weight is 416 g/mol. The van der Waals surface area contributed by atoms with E-state index in [2.05, 4.69) is 62.8 Å². The Morgan fingerprint density at radius 2 is 2.03 bits per heavy atom. The van der Waals surface area contributed by atoms with E-state index in [1.807, 2.05) is 43.7 Å². The van der Waals surface area contributed by atoms with Gasteiger partial charge >= 0.3 is 0 Å². The van der Waals surface area contributed by atoms with E-state index in [-0.39, 0.29) is 0 Å². The van der Waals surface area contributed by atoms with Crippen LogP contribution in [0.15, 0.2) is 66.0 Å². The van der Waals surface area contributed by atoms with Crippen molar-refractivity contribution in [1.29, 1.82) is 0 Å². The molecule has 4 aromatic rings. The number of nitrogens with one attached hydrogen (secondary N) is 2. The van der Waals surface area contributed by atoms with Gasteiger partial charge in [-0.25, -0.2) is 9.97 Å². The Bertz CT molecular complexity index is 1160. The second-order valence-electron chi connectivity index (χ2n) is 7.61. The normalized spacial score (nSPS) is 11.8. The van der Waals surface area contributed by atoms with Crippen molar-refractivity contribution in [3.63, 3.8) is 0 Å². The van der Waals surface area contributed by atoms with Gasteiger partial charge in [0.05, 0.1) is 24.1 Å². The van der Waals surface area contributed by atoms with E-state index in [1.54, 1.807) is 0 Å². The Labute approximate surface area is 182 Å². The first-order valence-electron chi connectivity index (χ1n) is 10.7. The van der Waals surface area contributed by atoms with Gasteiger partial charge in [-0.05, 0) is 31.0 Å². The van der Waals surface area contributed by atoms with Crippen molar-refractivity contribution in [2.75, 3.05) is 20.1 Å². The molecule has 0 saturated heterocycles. The largest absolute Gasteiger partial charge is 0.357 e. The zero-order valence-electron chi connectivity index (χ0n) is 18.3. The molecule has 2 N–H and O–H groups in total. The molecule has 0 aliphatic rings. The summed E-state index contributed by atoms with van der Waals surface area (Å²) in [5.41, 5.74) is 5.39. The zero-order chi connectivity index (χ0) is 21.6. The molecule has 3 heterocycles. The number of nitrogens with zero attached hydrogens (tertiary/aromatic N) is 5. The Kier molecular flexibility index (Phi) is 6.31. The monoisotopic (exact) mass is 415 g/mol. The summed E-state index contributed by atoms with van der Waals surface area (Å²) in [4.78, 5) is 19.6. The van der Waals surface area contributed by atoms with Gasteiger partial charge in [0.25, 0.3) is 0 Å². The molecule has 0 aliphatic heterocycles. The lowest BCUT2D eigenvalue weighted by Gasteiger charge is -2.21. The lowest BCUT2D eigenvalue weighted by atomic mass is 10.2. The van der Waals surface area contributed by atoms with Gasteiger partial charge in [0.15, 0.2) is 5.96 Å². The summed E-state index contributed by atoms with van der Waals surface area (Å²) in [6, 6.07) is 14.4. The Balaban J connectivity index is 1.40. The van der Waals surface area contributed by atoms with Crippen LogP contribution in [0.4, 0.5) is 0 Å². The lowest BCUT2D eigenvalue weighted by Crippen LogP contribution is -2.38. The molecular formula is C24H29N7. The van der Waals surface area contributed by atoms with Crippen LogP contribution in [0, 0.1) is 6.92 Å². The van der Waals surface area contributed by atoms with Gasteiger partial charge in [0.1, 0.15) is 11.5 Å². The number of aliphatic imine (C=N–C) groups is 1. The number of H-pyrrole nitrogens is 1. The van der Waals surface area contributed by atoms with E-state index in [9.17, 15) is 0 Å². The van der Waals surface area contributed by atoms with E-state index >= 15 is 0 Å². The molecule has 0 unspecified atom stereocenters. The number of imidazole rings is 2. The summed E-state index contributed by atoms with van der Waals surface area (Å²) in [6.07, 6.45) is 6.80. The van der Waals surface area contributed by atoms with Crippen LogP contribution >= 0.6 is 0 Å². The molecule has 0 amide bonds. The number of aromatic amines is 1. The fourth-order valence-corrected chi connectivity index (χ4v) is 3.58. The topological polar surface area (TPSA) is 73.6 Å². The van der Waals surface area contributed by atoms with Crippen molar-refractivity contribution in [3.8, 4) is 11.3 Å². The van der Waals surface area contributed by atoms with Crippen molar-refractivity contribution in [2.45, 2.75) is 26.8 Å². The minimum atomic E-state index is 0.645. The molecule has 0 bridgehead atoms. The van der Waals surface area contributed by atoms with Gasteiger partial charge in [0.2, 0.25) is 0 Å². The third-order valence-electron chi connectivity index (χ3n) is 5.15. The van der Waals surface area contributed by atoms with Crippen LogP contribution in [0.2, 0.25) is 0 Å². The molecule has 7 nitrogen and oxygen atoms in total. The van der Waals surface area contributed by atoms with Crippen LogP contribution in [-0.4, -0.2) is 50.3 Å². The fourth-order valence-electron chi connectivity index (χ4n) is 3.58. The number of pyridine rings is 1. The van der Waals surface area contributed by atoms with Crippen LogP contribution in [0.3, 0.4) is 0 Å². The number of hydrogen-bond donors (Lipinski definition) is 2. The molecule has 0 fully saturated rings. The highest BCUT2D eigenvalue weighted by molar-refractivity contribution is 5.79. The quantitative estimate of drug-likeness (QED) is 0.357. The van der Waals surface area contributed by atoms with Crippen molar-refractivity contribution in [2.24, 2.45) is 4.99 Å². The van der Waals surface area contributed by atoms with Gasteiger partial charge < -0.3 is 19.6 Å². The Morgan fingerprint density at radius 1 is 1.19 bits per heavy atom. The summed E-state index contributed by atoms with van der Waals surface area (Å²) >= 11 is 0.